The lowest BCUT2D eigenvalue weighted by atomic mass is 10.0. The van der Waals surface area contributed by atoms with E-state index in [0.29, 0.717) is 6.04 Å². The third kappa shape index (κ3) is 3.40. The van der Waals surface area contributed by atoms with E-state index in [9.17, 15) is 8.42 Å². The molecule has 0 unspecified atom stereocenters. The molecule has 1 aromatic heterocycles. The van der Waals surface area contributed by atoms with E-state index in [-0.39, 0.29) is 17.2 Å². The number of furan rings is 1. The lowest BCUT2D eigenvalue weighted by Gasteiger charge is -2.31. The summed E-state index contributed by atoms with van der Waals surface area (Å²) in [5.74, 6) is 1.85. The van der Waals surface area contributed by atoms with E-state index in [1.54, 1.807) is 0 Å². The predicted octanol–water partition coefficient (Wildman–Crippen LogP) is 1.62. The van der Waals surface area contributed by atoms with Crippen molar-refractivity contribution in [2.75, 3.05) is 26.3 Å². The maximum absolute atomic E-state index is 12.4. The van der Waals surface area contributed by atoms with Crippen LogP contribution in [0.4, 0.5) is 0 Å². The molecule has 0 spiro atoms. The number of nitrogens with one attached hydrogen (secondary N) is 1. The fraction of sp³-hybridized carbons (Fsp3) is 0.765. The minimum atomic E-state index is -3.20. The largest absolute Gasteiger partial charge is 0.466 e. The molecule has 4 rings (SSSR count). The molecule has 2 saturated heterocycles. The normalized spacial score (nSPS) is 30.0. The van der Waals surface area contributed by atoms with Gasteiger partial charge in [-0.25, -0.2) is 13.1 Å². The average molecular weight is 354 g/mol. The van der Waals surface area contributed by atoms with Crippen molar-refractivity contribution in [1.29, 1.82) is 0 Å². The molecule has 1 saturated carbocycles. The number of ether oxygens (including phenoxy) is 1. The lowest BCUT2D eigenvalue weighted by molar-refractivity contribution is 0.0413. The van der Waals surface area contributed by atoms with Gasteiger partial charge in [-0.15, -0.1) is 0 Å². The van der Waals surface area contributed by atoms with Crippen molar-refractivity contribution in [3.05, 3.63) is 23.7 Å². The first-order valence-electron chi connectivity index (χ1n) is 8.92. The summed E-state index contributed by atoms with van der Waals surface area (Å²) in [6.45, 7) is 5.11. The van der Waals surface area contributed by atoms with E-state index in [1.807, 2.05) is 19.1 Å². The van der Waals surface area contributed by atoms with Crippen LogP contribution in [0.25, 0.3) is 0 Å². The van der Waals surface area contributed by atoms with Gasteiger partial charge in [-0.1, -0.05) is 0 Å². The minimum absolute atomic E-state index is 0.0788. The molecule has 7 heteroatoms. The molecule has 0 amide bonds. The molecule has 3 fully saturated rings. The van der Waals surface area contributed by atoms with Gasteiger partial charge in [-0.2, -0.15) is 0 Å². The van der Waals surface area contributed by atoms with Gasteiger partial charge in [0.15, 0.2) is 0 Å². The summed E-state index contributed by atoms with van der Waals surface area (Å²) in [6, 6.07) is 4.32. The molecule has 0 aromatic carbocycles. The Morgan fingerprint density at radius 3 is 2.50 bits per heavy atom. The van der Waals surface area contributed by atoms with E-state index >= 15 is 0 Å². The molecule has 3 heterocycles. The van der Waals surface area contributed by atoms with E-state index in [4.69, 9.17) is 9.15 Å². The SMILES string of the molecule is Cc1ccc([C@H]2CN(C3CCOCC3)C[C@@H]2NS(=O)(=O)C2CC2)o1. The first-order chi connectivity index (χ1) is 11.5. The van der Waals surface area contributed by atoms with Crippen LogP contribution in [0.1, 0.15) is 43.1 Å². The molecule has 24 heavy (non-hydrogen) atoms. The smallest absolute Gasteiger partial charge is 0.214 e. The highest BCUT2D eigenvalue weighted by atomic mass is 32.2. The second kappa shape index (κ2) is 6.44. The van der Waals surface area contributed by atoms with Crippen molar-refractivity contribution in [2.24, 2.45) is 0 Å². The predicted molar refractivity (Wildman–Crippen MR) is 90.5 cm³/mol. The van der Waals surface area contributed by atoms with Gasteiger partial charge >= 0.3 is 0 Å². The third-order valence-corrected chi connectivity index (χ3v) is 7.44. The highest BCUT2D eigenvalue weighted by molar-refractivity contribution is 7.90. The standard InChI is InChI=1S/C17H26N2O4S/c1-12-2-5-17(23-12)15-10-19(13-6-8-22-9-7-13)11-16(15)18-24(20,21)14-3-4-14/h2,5,13-16,18H,3-4,6-11H2,1H3/t15-,16-/m0/s1. The van der Waals surface area contributed by atoms with E-state index in [1.165, 1.54) is 0 Å². The Hall–Kier alpha value is -0.890. The zero-order valence-corrected chi connectivity index (χ0v) is 14.9. The topological polar surface area (TPSA) is 71.8 Å². The van der Waals surface area contributed by atoms with Crippen LogP contribution in [-0.4, -0.2) is 57.0 Å². The monoisotopic (exact) mass is 354 g/mol. The van der Waals surface area contributed by atoms with Gasteiger partial charge in [0.1, 0.15) is 11.5 Å². The molecular weight excluding hydrogens is 328 g/mol. The first kappa shape index (κ1) is 16.6. The Morgan fingerprint density at radius 2 is 1.88 bits per heavy atom. The van der Waals surface area contributed by atoms with Crippen LogP contribution in [0.3, 0.4) is 0 Å². The van der Waals surface area contributed by atoms with Crippen molar-refractivity contribution in [3.63, 3.8) is 0 Å². The molecule has 1 N–H and O–H groups in total. The zero-order chi connectivity index (χ0) is 16.7. The van der Waals surface area contributed by atoms with Crippen LogP contribution in [0, 0.1) is 6.92 Å². The summed E-state index contributed by atoms with van der Waals surface area (Å²) in [5, 5.41) is -0.186. The van der Waals surface area contributed by atoms with Crippen molar-refractivity contribution >= 4 is 10.0 Å². The number of hydrogen-bond acceptors (Lipinski definition) is 5. The highest BCUT2D eigenvalue weighted by Crippen LogP contribution is 2.34. The van der Waals surface area contributed by atoms with Gasteiger partial charge in [0, 0.05) is 44.3 Å². The van der Waals surface area contributed by atoms with Crippen LogP contribution in [0.5, 0.6) is 0 Å². The molecule has 2 aliphatic heterocycles. The molecule has 2 atom stereocenters. The minimum Gasteiger partial charge on any atom is -0.466 e. The van der Waals surface area contributed by atoms with Gasteiger partial charge in [0.2, 0.25) is 10.0 Å². The number of nitrogens with zero attached hydrogens (tertiary/aromatic N) is 1. The fourth-order valence-electron chi connectivity index (χ4n) is 3.93. The maximum atomic E-state index is 12.4. The lowest BCUT2D eigenvalue weighted by Crippen LogP contribution is -2.43. The molecule has 1 aliphatic carbocycles. The van der Waals surface area contributed by atoms with E-state index < -0.39 is 10.0 Å². The molecule has 6 nitrogen and oxygen atoms in total. The van der Waals surface area contributed by atoms with Crippen LogP contribution in [0.2, 0.25) is 0 Å². The van der Waals surface area contributed by atoms with Crippen molar-refractivity contribution in [2.45, 2.75) is 55.9 Å². The van der Waals surface area contributed by atoms with Crippen LogP contribution in [-0.2, 0) is 14.8 Å². The second-order valence-corrected chi connectivity index (χ2v) is 9.31. The van der Waals surface area contributed by atoms with E-state index in [2.05, 4.69) is 9.62 Å². The Kier molecular flexibility index (Phi) is 4.45. The summed E-state index contributed by atoms with van der Waals surface area (Å²) >= 11 is 0. The third-order valence-electron chi connectivity index (χ3n) is 5.46. The number of likely N-dealkylation sites (tertiary alicyclic amines) is 1. The summed E-state index contributed by atoms with van der Waals surface area (Å²) in [4.78, 5) is 2.42. The van der Waals surface area contributed by atoms with Crippen molar-refractivity contribution in [3.8, 4) is 0 Å². The summed E-state index contributed by atoms with van der Waals surface area (Å²) in [6.07, 6.45) is 3.62. The van der Waals surface area contributed by atoms with Crippen LogP contribution >= 0.6 is 0 Å². The fourth-order valence-corrected chi connectivity index (χ4v) is 5.54. The van der Waals surface area contributed by atoms with Crippen LogP contribution < -0.4 is 4.72 Å². The summed E-state index contributed by atoms with van der Waals surface area (Å²) in [7, 11) is -3.20. The molecule has 0 radical (unpaired) electrons. The van der Waals surface area contributed by atoms with Crippen molar-refractivity contribution < 1.29 is 17.6 Å². The number of sulfonamides is 1. The van der Waals surface area contributed by atoms with Gasteiger partial charge in [-0.05, 0) is 44.7 Å². The van der Waals surface area contributed by atoms with Gasteiger partial charge in [0.05, 0.1) is 5.25 Å². The average Bonchev–Trinajstić information content (AvgIpc) is 3.24. The number of rotatable bonds is 5. The molecule has 134 valence electrons. The number of hydrogen-bond donors (Lipinski definition) is 1. The summed E-state index contributed by atoms with van der Waals surface area (Å²) in [5.41, 5.74) is 0. The molecule has 1 aromatic rings. The molecule has 3 aliphatic rings. The van der Waals surface area contributed by atoms with Gasteiger partial charge in [-0.3, -0.25) is 4.90 Å². The zero-order valence-electron chi connectivity index (χ0n) is 14.1. The van der Waals surface area contributed by atoms with Crippen molar-refractivity contribution in [1.82, 2.24) is 9.62 Å². The number of aryl methyl sites for hydroxylation is 1. The molecular formula is C17H26N2O4S. The van der Waals surface area contributed by atoms with Gasteiger partial charge < -0.3 is 9.15 Å². The molecule has 0 bridgehead atoms. The van der Waals surface area contributed by atoms with E-state index in [0.717, 1.165) is 63.5 Å². The maximum Gasteiger partial charge on any atom is 0.214 e. The summed E-state index contributed by atoms with van der Waals surface area (Å²) < 4.78 is 39.2. The Labute approximate surface area is 143 Å². The Bertz CT molecular complexity index is 677. The van der Waals surface area contributed by atoms with Gasteiger partial charge in [0.25, 0.3) is 0 Å². The van der Waals surface area contributed by atoms with Crippen LogP contribution in [0.15, 0.2) is 16.5 Å². The Morgan fingerprint density at radius 1 is 1.12 bits per heavy atom. The second-order valence-electron chi connectivity index (χ2n) is 7.32. The first-order valence-corrected chi connectivity index (χ1v) is 10.5. The highest BCUT2D eigenvalue weighted by Gasteiger charge is 2.44. The Balaban J connectivity index is 1.53. The quantitative estimate of drug-likeness (QED) is 0.870.